The average Bonchev–Trinajstić information content (AvgIpc) is 3.27. The highest BCUT2D eigenvalue weighted by molar-refractivity contribution is 6.30. The van der Waals surface area contributed by atoms with E-state index in [1.807, 2.05) is 0 Å². The Bertz CT molecular complexity index is 1260. The Morgan fingerprint density at radius 1 is 1.08 bits per heavy atom. The van der Waals surface area contributed by atoms with E-state index in [0.29, 0.717) is 62.5 Å². The lowest BCUT2D eigenvalue weighted by atomic mass is 9.85. The summed E-state index contributed by atoms with van der Waals surface area (Å²) in [6, 6.07) is 2.18. The summed E-state index contributed by atoms with van der Waals surface area (Å²) in [5.41, 5.74) is 6.20. The largest absolute Gasteiger partial charge is 0.369 e. The van der Waals surface area contributed by atoms with Gasteiger partial charge < -0.3 is 16.4 Å². The fourth-order valence-corrected chi connectivity index (χ4v) is 5.02. The third kappa shape index (κ3) is 6.28. The van der Waals surface area contributed by atoms with Crippen molar-refractivity contribution in [3.8, 4) is 0 Å². The number of primary amides is 1. The van der Waals surface area contributed by atoms with Crippen molar-refractivity contribution in [3.63, 3.8) is 0 Å². The Labute approximate surface area is 222 Å². The van der Waals surface area contributed by atoms with Crippen LogP contribution >= 0.6 is 11.6 Å². The predicted molar refractivity (Wildman–Crippen MR) is 138 cm³/mol. The first-order valence-electron chi connectivity index (χ1n) is 12.7. The first-order chi connectivity index (χ1) is 18.3. The Balaban J connectivity index is 1.70. The van der Waals surface area contributed by atoms with Crippen LogP contribution in [0.3, 0.4) is 0 Å². The molecule has 1 aromatic carbocycles. The Kier molecular flexibility index (Phi) is 9.24. The average molecular weight is 556 g/mol. The van der Waals surface area contributed by atoms with Gasteiger partial charge in [0, 0.05) is 18.0 Å². The number of benzene rings is 1. The molecule has 0 spiro atoms. The van der Waals surface area contributed by atoms with Gasteiger partial charge in [0.15, 0.2) is 17.3 Å². The van der Waals surface area contributed by atoms with Gasteiger partial charge in [0.1, 0.15) is 5.52 Å². The van der Waals surface area contributed by atoms with Crippen molar-refractivity contribution in [2.45, 2.75) is 63.5 Å². The minimum Gasteiger partial charge on any atom is -0.369 e. The molecule has 38 heavy (non-hydrogen) atoms. The molecule has 2 heterocycles. The zero-order valence-corrected chi connectivity index (χ0v) is 21.5. The molecular formula is C25H30ClF4N7O. The predicted octanol–water partition coefficient (Wildman–Crippen LogP) is 6.00. The number of aromatic nitrogens is 4. The molecule has 8 nitrogen and oxygen atoms in total. The lowest BCUT2D eigenvalue weighted by molar-refractivity contribution is -0.122. The van der Waals surface area contributed by atoms with Gasteiger partial charge in [-0.1, -0.05) is 11.6 Å². The number of anilines is 3. The maximum atomic E-state index is 14.6. The van der Waals surface area contributed by atoms with Gasteiger partial charge in [0.05, 0.1) is 30.3 Å². The van der Waals surface area contributed by atoms with Crippen LogP contribution in [0.4, 0.5) is 35.1 Å². The summed E-state index contributed by atoms with van der Waals surface area (Å²) in [5.74, 6) is -2.43. The van der Waals surface area contributed by atoms with Gasteiger partial charge >= 0.3 is 0 Å². The zero-order valence-electron chi connectivity index (χ0n) is 20.7. The Hall–Kier alpha value is -3.15. The van der Waals surface area contributed by atoms with Crippen molar-refractivity contribution in [2.75, 3.05) is 24.0 Å². The number of nitrogens with one attached hydrogen (secondary N) is 2. The van der Waals surface area contributed by atoms with Crippen LogP contribution in [0.5, 0.6) is 0 Å². The van der Waals surface area contributed by atoms with Crippen LogP contribution < -0.4 is 16.4 Å². The topological polar surface area (TPSA) is 111 Å². The number of halogens is 5. The van der Waals surface area contributed by atoms with Crippen LogP contribution in [0.25, 0.3) is 11.2 Å². The van der Waals surface area contributed by atoms with Crippen LogP contribution in [0, 0.1) is 17.6 Å². The minimum absolute atomic E-state index is 0.155. The van der Waals surface area contributed by atoms with Gasteiger partial charge in [-0.2, -0.15) is 4.98 Å². The fourth-order valence-electron chi connectivity index (χ4n) is 4.87. The van der Waals surface area contributed by atoms with Gasteiger partial charge in [-0.05, 0) is 63.5 Å². The normalized spacial score (nSPS) is 17.7. The quantitative estimate of drug-likeness (QED) is 0.187. The number of hydrogen-bond donors (Lipinski definition) is 3. The molecule has 13 heteroatoms. The van der Waals surface area contributed by atoms with E-state index in [0.717, 1.165) is 0 Å². The van der Waals surface area contributed by atoms with E-state index in [-0.39, 0.29) is 46.5 Å². The van der Waals surface area contributed by atoms with Crippen LogP contribution in [-0.4, -0.2) is 44.8 Å². The Morgan fingerprint density at radius 3 is 2.39 bits per heavy atom. The standard InChI is InChI=1S/C25H30ClF4N7O/c26-17-9-10-18(21(30)20(17)29)34-25-35-19-13-32-24(33-15(3-1-11-27)4-2-12-28)36-23(19)37(25)16-7-5-14(6-8-16)22(31)38/h9-10,13-16H,1-8,11-12H2,(H2,31,38)(H,34,35)(H,32,33,36)/t14-,16+. The number of nitrogens with zero attached hydrogens (tertiary/aromatic N) is 4. The van der Waals surface area contributed by atoms with Crippen LogP contribution in [0.15, 0.2) is 18.3 Å². The summed E-state index contributed by atoms with van der Waals surface area (Å²) in [6.45, 7) is -0.962. The lowest BCUT2D eigenvalue weighted by Crippen LogP contribution is -2.29. The van der Waals surface area contributed by atoms with Gasteiger partial charge in [-0.3, -0.25) is 18.1 Å². The molecular weight excluding hydrogens is 526 g/mol. The number of imidazole rings is 1. The molecule has 1 aliphatic rings. The molecule has 1 fully saturated rings. The molecule has 0 atom stereocenters. The first-order valence-corrected chi connectivity index (χ1v) is 13.0. The molecule has 1 amide bonds. The van der Waals surface area contributed by atoms with Crippen LogP contribution in [0.1, 0.15) is 57.4 Å². The van der Waals surface area contributed by atoms with Crippen molar-refractivity contribution in [2.24, 2.45) is 11.7 Å². The van der Waals surface area contributed by atoms with Crippen molar-refractivity contribution in [1.82, 2.24) is 19.5 Å². The second kappa shape index (κ2) is 12.6. The van der Waals surface area contributed by atoms with Crippen molar-refractivity contribution in [1.29, 1.82) is 0 Å². The minimum atomic E-state index is -1.18. The number of rotatable bonds is 12. The number of hydrogen-bond acceptors (Lipinski definition) is 6. The highest BCUT2D eigenvalue weighted by Gasteiger charge is 2.29. The molecule has 1 aliphatic carbocycles. The van der Waals surface area contributed by atoms with E-state index in [4.69, 9.17) is 17.3 Å². The highest BCUT2D eigenvalue weighted by Crippen LogP contribution is 2.37. The van der Waals surface area contributed by atoms with E-state index in [1.165, 1.54) is 18.3 Å². The molecule has 206 valence electrons. The summed E-state index contributed by atoms with van der Waals surface area (Å²) >= 11 is 5.70. The van der Waals surface area contributed by atoms with Gasteiger partial charge in [-0.15, -0.1) is 0 Å². The molecule has 4 rings (SSSR count). The lowest BCUT2D eigenvalue weighted by Gasteiger charge is -2.29. The third-order valence-corrected chi connectivity index (χ3v) is 7.18. The molecule has 0 aliphatic heterocycles. The van der Waals surface area contributed by atoms with E-state index in [9.17, 15) is 22.4 Å². The van der Waals surface area contributed by atoms with Crippen molar-refractivity contribution in [3.05, 3.63) is 35.0 Å². The summed E-state index contributed by atoms with van der Waals surface area (Å²) in [5, 5.41) is 5.69. The molecule has 1 saturated carbocycles. The zero-order chi connectivity index (χ0) is 27.2. The van der Waals surface area contributed by atoms with E-state index >= 15 is 0 Å². The first kappa shape index (κ1) is 27.9. The number of amides is 1. The summed E-state index contributed by atoms with van der Waals surface area (Å²) in [6.07, 6.45) is 5.43. The number of carbonyl (C=O) groups is 1. The molecule has 0 radical (unpaired) electrons. The maximum Gasteiger partial charge on any atom is 0.224 e. The number of nitrogens with two attached hydrogens (primary N) is 1. The summed E-state index contributed by atoms with van der Waals surface area (Å²) in [4.78, 5) is 25.2. The molecule has 2 aromatic heterocycles. The van der Waals surface area contributed by atoms with Gasteiger partial charge in [0.25, 0.3) is 0 Å². The molecule has 0 unspecified atom stereocenters. The van der Waals surface area contributed by atoms with E-state index in [1.54, 1.807) is 4.57 Å². The van der Waals surface area contributed by atoms with E-state index in [2.05, 4.69) is 25.6 Å². The second-order valence-electron chi connectivity index (χ2n) is 9.47. The maximum absolute atomic E-state index is 14.6. The van der Waals surface area contributed by atoms with Crippen molar-refractivity contribution >= 4 is 46.3 Å². The van der Waals surface area contributed by atoms with Crippen LogP contribution in [0.2, 0.25) is 5.02 Å². The smallest absolute Gasteiger partial charge is 0.224 e. The number of fused-ring (bicyclic) bond motifs is 1. The van der Waals surface area contributed by atoms with Crippen molar-refractivity contribution < 1.29 is 22.4 Å². The highest BCUT2D eigenvalue weighted by atomic mass is 35.5. The molecule has 4 N–H and O–H groups in total. The molecule has 0 saturated heterocycles. The summed E-state index contributed by atoms with van der Waals surface area (Å²) in [7, 11) is 0. The monoisotopic (exact) mass is 555 g/mol. The number of alkyl halides is 2. The fraction of sp³-hybridized carbons (Fsp3) is 0.520. The summed E-state index contributed by atoms with van der Waals surface area (Å²) < 4.78 is 56.1. The third-order valence-electron chi connectivity index (χ3n) is 6.88. The van der Waals surface area contributed by atoms with Gasteiger partial charge in [0.2, 0.25) is 17.8 Å². The van der Waals surface area contributed by atoms with E-state index < -0.39 is 25.0 Å². The SMILES string of the molecule is NC(=O)[C@H]1CC[C@@H](n2c(Nc3ccc(Cl)c(F)c3F)nc3cnc(NC(CCCF)CCCF)nc32)CC1. The Morgan fingerprint density at radius 2 is 1.76 bits per heavy atom. The van der Waals surface area contributed by atoms with Gasteiger partial charge in [-0.25, -0.2) is 18.7 Å². The second-order valence-corrected chi connectivity index (χ2v) is 9.87. The number of carbonyl (C=O) groups excluding carboxylic acids is 1. The van der Waals surface area contributed by atoms with Crippen LogP contribution in [-0.2, 0) is 4.79 Å². The molecule has 0 bridgehead atoms. The molecule has 3 aromatic rings.